The van der Waals surface area contributed by atoms with Crippen molar-refractivity contribution >= 4 is 11.9 Å². The summed E-state index contributed by atoms with van der Waals surface area (Å²) in [5, 5.41) is 0. The van der Waals surface area contributed by atoms with Gasteiger partial charge < -0.3 is 10.5 Å². The van der Waals surface area contributed by atoms with Crippen LogP contribution in [0.4, 0.5) is 0 Å². The molecule has 0 rings (SSSR count). The second-order valence-electron chi connectivity index (χ2n) is 2.66. The normalized spacial score (nSPS) is 11.9. The molecular formula is C8H16N2O4. The first-order valence-electron chi connectivity index (χ1n) is 4.40. The summed E-state index contributed by atoms with van der Waals surface area (Å²) < 4.78 is 4.64. The molecule has 3 N–H and O–H groups in total. The van der Waals surface area contributed by atoms with Gasteiger partial charge in [-0.2, -0.15) is 0 Å². The molecule has 1 atom stereocenters. The number of nitrogens with one attached hydrogen (secondary N) is 1. The van der Waals surface area contributed by atoms with Crippen LogP contribution in [0, 0.1) is 0 Å². The highest BCUT2D eigenvalue weighted by molar-refractivity contribution is 5.79. The number of hydroxylamine groups is 1. The summed E-state index contributed by atoms with van der Waals surface area (Å²) in [5.74, 6) is -0.781. The van der Waals surface area contributed by atoms with Crippen molar-refractivity contribution in [1.29, 1.82) is 0 Å². The molecule has 0 aromatic heterocycles. The van der Waals surface area contributed by atoms with E-state index in [0.29, 0.717) is 6.61 Å². The number of hydrogen-bond acceptors (Lipinski definition) is 5. The highest BCUT2D eigenvalue weighted by Crippen LogP contribution is 1.86. The Morgan fingerprint density at radius 1 is 1.50 bits per heavy atom. The smallest absolute Gasteiger partial charge is 0.308 e. The maximum atomic E-state index is 10.8. The average Bonchev–Trinajstić information content (AvgIpc) is 2.12. The van der Waals surface area contributed by atoms with Crippen molar-refractivity contribution in [2.24, 2.45) is 5.73 Å². The molecule has 0 aromatic rings. The molecule has 0 aliphatic rings. The Morgan fingerprint density at radius 3 is 2.64 bits per heavy atom. The fourth-order valence-corrected chi connectivity index (χ4v) is 0.583. The maximum absolute atomic E-state index is 10.8. The number of hydrogen-bond donors (Lipinski definition) is 2. The van der Waals surface area contributed by atoms with E-state index in [1.807, 2.05) is 0 Å². The van der Waals surface area contributed by atoms with E-state index in [-0.39, 0.29) is 19.0 Å². The summed E-state index contributed by atoms with van der Waals surface area (Å²) in [5.41, 5.74) is 7.35. The van der Waals surface area contributed by atoms with Crippen molar-refractivity contribution in [1.82, 2.24) is 5.48 Å². The largest absolute Gasteiger partial charge is 0.466 e. The Kier molecular flexibility index (Phi) is 6.69. The Bertz CT molecular complexity index is 194. The third-order valence-electron chi connectivity index (χ3n) is 1.30. The van der Waals surface area contributed by atoms with Crippen molar-refractivity contribution < 1.29 is 19.2 Å². The van der Waals surface area contributed by atoms with Gasteiger partial charge in [0.1, 0.15) is 0 Å². The second kappa shape index (κ2) is 7.28. The minimum atomic E-state index is -0.627. The third kappa shape index (κ3) is 6.38. The van der Waals surface area contributed by atoms with Gasteiger partial charge in [-0.15, -0.1) is 0 Å². The third-order valence-corrected chi connectivity index (χ3v) is 1.30. The molecule has 0 saturated heterocycles. The van der Waals surface area contributed by atoms with E-state index in [2.05, 4.69) is 10.2 Å². The standard InChI is InChI=1S/C8H16N2O4/c1-3-13-7(11)4-5-14-10-8(12)6(2)9/h6H,3-5,9H2,1-2H3,(H,10,12)/t6-/m0/s1. The lowest BCUT2D eigenvalue weighted by Gasteiger charge is -2.07. The molecule has 0 aliphatic heterocycles. The average molecular weight is 204 g/mol. The van der Waals surface area contributed by atoms with Crippen LogP contribution in [0.3, 0.4) is 0 Å². The number of carbonyl (C=O) groups excluding carboxylic acids is 2. The highest BCUT2D eigenvalue weighted by Gasteiger charge is 2.07. The van der Waals surface area contributed by atoms with Crippen molar-refractivity contribution in [3.05, 3.63) is 0 Å². The Balaban J connectivity index is 3.38. The SMILES string of the molecule is CCOC(=O)CCONC(=O)[C@H](C)N. The molecule has 0 bridgehead atoms. The van der Waals surface area contributed by atoms with Gasteiger partial charge in [-0.25, -0.2) is 5.48 Å². The van der Waals surface area contributed by atoms with E-state index in [4.69, 9.17) is 10.6 Å². The van der Waals surface area contributed by atoms with Crippen LogP contribution in [-0.4, -0.2) is 31.1 Å². The van der Waals surface area contributed by atoms with E-state index >= 15 is 0 Å². The van der Waals surface area contributed by atoms with Crippen molar-refractivity contribution in [2.45, 2.75) is 26.3 Å². The zero-order chi connectivity index (χ0) is 11.0. The predicted octanol–water partition coefficient (Wildman–Crippen LogP) is -0.665. The lowest BCUT2D eigenvalue weighted by molar-refractivity contribution is -0.147. The second-order valence-corrected chi connectivity index (χ2v) is 2.66. The minimum absolute atomic E-state index is 0.0806. The summed E-state index contributed by atoms with van der Waals surface area (Å²) in [7, 11) is 0. The molecule has 0 aliphatic carbocycles. The van der Waals surface area contributed by atoms with Crippen molar-refractivity contribution in [3.8, 4) is 0 Å². The topological polar surface area (TPSA) is 90.6 Å². The number of esters is 1. The lowest BCUT2D eigenvalue weighted by atomic mass is 10.4. The Morgan fingerprint density at radius 2 is 2.14 bits per heavy atom. The monoisotopic (exact) mass is 204 g/mol. The first-order valence-corrected chi connectivity index (χ1v) is 4.40. The van der Waals surface area contributed by atoms with Crippen LogP contribution in [0.25, 0.3) is 0 Å². The fraction of sp³-hybridized carbons (Fsp3) is 0.750. The minimum Gasteiger partial charge on any atom is -0.466 e. The highest BCUT2D eigenvalue weighted by atomic mass is 16.7. The van der Waals surface area contributed by atoms with E-state index in [1.54, 1.807) is 6.92 Å². The van der Waals surface area contributed by atoms with Gasteiger partial charge in [0.2, 0.25) is 0 Å². The van der Waals surface area contributed by atoms with Crippen LogP contribution in [0.1, 0.15) is 20.3 Å². The molecule has 0 radical (unpaired) electrons. The summed E-state index contributed by atoms with van der Waals surface area (Å²) in [6, 6.07) is -0.627. The Hall–Kier alpha value is -1.14. The van der Waals surface area contributed by atoms with E-state index in [0.717, 1.165) is 0 Å². The van der Waals surface area contributed by atoms with Gasteiger partial charge in [0, 0.05) is 0 Å². The van der Waals surface area contributed by atoms with E-state index in [9.17, 15) is 9.59 Å². The summed E-state index contributed by atoms with van der Waals surface area (Å²) in [4.78, 5) is 26.3. The number of ether oxygens (including phenoxy) is 1. The van der Waals surface area contributed by atoms with Crippen LogP contribution in [0.2, 0.25) is 0 Å². The first-order chi connectivity index (χ1) is 6.57. The summed E-state index contributed by atoms with van der Waals surface area (Å²) in [6.07, 6.45) is 0.104. The number of nitrogens with two attached hydrogens (primary N) is 1. The van der Waals surface area contributed by atoms with E-state index < -0.39 is 11.9 Å². The molecule has 1 amide bonds. The zero-order valence-electron chi connectivity index (χ0n) is 8.41. The molecule has 0 aromatic carbocycles. The summed E-state index contributed by atoms with van der Waals surface area (Å²) >= 11 is 0. The van der Waals surface area contributed by atoms with Gasteiger partial charge in [0.25, 0.3) is 5.91 Å². The van der Waals surface area contributed by atoms with Crippen LogP contribution in [-0.2, 0) is 19.2 Å². The van der Waals surface area contributed by atoms with Gasteiger partial charge in [-0.3, -0.25) is 14.4 Å². The van der Waals surface area contributed by atoms with Gasteiger partial charge >= 0.3 is 5.97 Å². The molecule has 6 nitrogen and oxygen atoms in total. The number of carbonyl (C=O) groups is 2. The van der Waals surface area contributed by atoms with Crippen molar-refractivity contribution in [2.75, 3.05) is 13.2 Å². The van der Waals surface area contributed by atoms with Gasteiger partial charge in [-0.05, 0) is 13.8 Å². The van der Waals surface area contributed by atoms with Crippen molar-refractivity contribution in [3.63, 3.8) is 0 Å². The molecule has 6 heteroatoms. The summed E-state index contributed by atoms with van der Waals surface area (Å²) in [6.45, 7) is 3.67. The zero-order valence-corrected chi connectivity index (χ0v) is 8.41. The van der Waals surface area contributed by atoms with Crippen LogP contribution in [0.15, 0.2) is 0 Å². The quantitative estimate of drug-likeness (QED) is 0.340. The van der Waals surface area contributed by atoms with E-state index in [1.165, 1.54) is 6.92 Å². The van der Waals surface area contributed by atoms with Crippen LogP contribution in [0.5, 0.6) is 0 Å². The molecule has 0 saturated carbocycles. The van der Waals surface area contributed by atoms with Gasteiger partial charge in [0.15, 0.2) is 0 Å². The maximum Gasteiger partial charge on any atom is 0.308 e. The molecular weight excluding hydrogens is 188 g/mol. The predicted molar refractivity (Wildman–Crippen MR) is 49.0 cm³/mol. The van der Waals surface area contributed by atoms with Gasteiger partial charge in [0.05, 0.1) is 25.7 Å². The number of amides is 1. The molecule has 0 unspecified atom stereocenters. The lowest BCUT2D eigenvalue weighted by Crippen LogP contribution is -2.38. The molecule has 14 heavy (non-hydrogen) atoms. The van der Waals surface area contributed by atoms with Gasteiger partial charge in [-0.1, -0.05) is 0 Å². The molecule has 0 spiro atoms. The Labute approximate surface area is 82.7 Å². The fourth-order valence-electron chi connectivity index (χ4n) is 0.583. The van der Waals surface area contributed by atoms with Crippen LogP contribution < -0.4 is 11.2 Å². The van der Waals surface area contributed by atoms with Crippen LogP contribution >= 0.6 is 0 Å². The molecule has 0 heterocycles. The first kappa shape index (κ1) is 12.9. The number of rotatable bonds is 6. The molecule has 0 fully saturated rings. The molecule has 82 valence electrons.